The lowest BCUT2D eigenvalue weighted by molar-refractivity contribution is 0.432. The maximum Gasteiger partial charge on any atom is 0.258 e. The maximum atomic E-state index is 6.36. The Morgan fingerprint density at radius 2 is 2.11 bits per heavy atom. The number of hydrogen-bond donors (Lipinski definition) is 1. The van der Waals surface area contributed by atoms with Crippen LogP contribution in [0.2, 0.25) is 5.15 Å². The number of halogens is 1. The van der Waals surface area contributed by atoms with Gasteiger partial charge in [-0.3, -0.25) is 4.68 Å². The fourth-order valence-electron chi connectivity index (χ4n) is 3.82. The summed E-state index contributed by atoms with van der Waals surface area (Å²) in [5.74, 6) is 1.11. The van der Waals surface area contributed by atoms with Crippen LogP contribution in [0.15, 0.2) is 40.9 Å². The van der Waals surface area contributed by atoms with Crippen LogP contribution in [0.4, 0.5) is 0 Å². The summed E-state index contributed by atoms with van der Waals surface area (Å²) in [5.41, 5.74) is 5.46. The van der Waals surface area contributed by atoms with E-state index in [2.05, 4.69) is 46.5 Å². The molecule has 28 heavy (non-hydrogen) atoms. The molecule has 3 heterocycles. The highest BCUT2D eigenvalue weighted by Crippen LogP contribution is 2.32. The smallest absolute Gasteiger partial charge is 0.258 e. The van der Waals surface area contributed by atoms with Gasteiger partial charge in [0.2, 0.25) is 5.82 Å². The molecule has 0 radical (unpaired) electrons. The van der Waals surface area contributed by atoms with E-state index in [4.69, 9.17) is 16.1 Å². The first-order chi connectivity index (χ1) is 13.6. The molecule has 0 amide bonds. The van der Waals surface area contributed by atoms with E-state index in [0.29, 0.717) is 16.9 Å². The summed E-state index contributed by atoms with van der Waals surface area (Å²) in [5, 5.41) is 13.4. The van der Waals surface area contributed by atoms with Crippen molar-refractivity contribution in [3.63, 3.8) is 0 Å². The Bertz CT molecular complexity index is 1180. The van der Waals surface area contributed by atoms with E-state index < -0.39 is 0 Å². The zero-order valence-corrected chi connectivity index (χ0v) is 16.5. The summed E-state index contributed by atoms with van der Waals surface area (Å²) >= 11 is 6.36. The van der Waals surface area contributed by atoms with Crippen molar-refractivity contribution in [2.24, 2.45) is 0 Å². The molecule has 4 aromatic rings. The summed E-state index contributed by atoms with van der Waals surface area (Å²) in [6.07, 6.45) is 0.964. The lowest BCUT2D eigenvalue weighted by Crippen LogP contribution is -2.24. The van der Waals surface area contributed by atoms with Crippen molar-refractivity contribution in [1.29, 1.82) is 0 Å². The molecule has 7 heteroatoms. The number of benzene rings is 2. The van der Waals surface area contributed by atoms with E-state index in [1.165, 1.54) is 11.1 Å². The molecule has 2 aromatic heterocycles. The Balaban J connectivity index is 1.56. The van der Waals surface area contributed by atoms with Crippen molar-refractivity contribution >= 4 is 22.5 Å². The van der Waals surface area contributed by atoms with E-state index >= 15 is 0 Å². The predicted octanol–water partition coefficient (Wildman–Crippen LogP) is 4.63. The normalized spacial score (nSPS) is 14.0. The van der Waals surface area contributed by atoms with E-state index in [0.717, 1.165) is 41.5 Å². The summed E-state index contributed by atoms with van der Waals surface area (Å²) in [6.45, 7) is 6.00. The van der Waals surface area contributed by atoms with E-state index in [1.54, 1.807) is 0 Å². The molecular formula is C21H20ClN5O. The Labute approximate surface area is 167 Å². The van der Waals surface area contributed by atoms with Gasteiger partial charge in [0.1, 0.15) is 0 Å². The first kappa shape index (κ1) is 17.4. The second kappa shape index (κ2) is 6.72. The predicted molar refractivity (Wildman–Crippen MR) is 109 cm³/mol. The molecule has 6 nitrogen and oxygen atoms in total. The minimum absolute atomic E-state index is 0.231. The summed E-state index contributed by atoms with van der Waals surface area (Å²) in [7, 11) is 0. The van der Waals surface area contributed by atoms with Crippen LogP contribution in [-0.4, -0.2) is 26.5 Å². The van der Waals surface area contributed by atoms with Gasteiger partial charge in [-0.05, 0) is 56.1 Å². The van der Waals surface area contributed by atoms with E-state index in [9.17, 15) is 0 Å². The fraction of sp³-hybridized carbons (Fsp3) is 0.286. The van der Waals surface area contributed by atoms with Crippen LogP contribution in [0.3, 0.4) is 0 Å². The van der Waals surface area contributed by atoms with Gasteiger partial charge in [0.15, 0.2) is 5.15 Å². The number of fused-ring (bicyclic) bond motifs is 2. The largest absolute Gasteiger partial charge is 0.334 e. The summed E-state index contributed by atoms with van der Waals surface area (Å²) in [6, 6.07) is 12.4. The number of nitrogens with one attached hydrogen (secondary N) is 1. The average Bonchev–Trinajstić information content (AvgIpc) is 3.33. The van der Waals surface area contributed by atoms with Gasteiger partial charge in [0.25, 0.3) is 5.89 Å². The fourth-order valence-corrected chi connectivity index (χ4v) is 4.05. The molecule has 142 valence electrons. The Kier molecular flexibility index (Phi) is 4.18. The Morgan fingerprint density at radius 1 is 1.21 bits per heavy atom. The van der Waals surface area contributed by atoms with Crippen LogP contribution in [-0.2, 0) is 13.0 Å². The number of nitrogens with zero attached hydrogens (tertiary/aromatic N) is 4. The van der Waals surface area contributed by atoms with Crippen molar-refractivity contribution in [3.8, 4) is 22.8 Å². The monoisotopic (exact) mass is 393 g/mol. The highest BCUT2D eigenvalue weighted by atomic mass is 35.5. The third-order valence-electron chi connectivity index (χ3n) is 5.20. The summed E-state index contributed by atoms with van der Waals surface area (Å²) in [4.78, 5) is 4.67. The zero-order chi connectivity index (χ0) is 19.3. The van der Waals surface area contributed by atoms with Crippen LogP contribution in [0.25, 0.3) is 33.7 Å². The number of hydrogen-bond acceptors (Lipinski definition) is 5. The standard InChI is InChI=1S/C21H20ClN5O/c1-12(2)27-18-7-6-13(10-17(18)19(22)25-27)21-24-20(26-28-21)16-5-3-4-14-11-23-9-8-15(14)16/h3-7,10,12,23H,8-9,11H2,1-2H3. The molecule has 0 fully saturated rings. The third kappa shape index (κ3) is 2.80. The Morgan fingerprint density at radius 3 is 2.96 bits per heavy atom. The van der Waals surface area contributed by atoms with Crippen LogP contribution < -0.4 is 5.32 Å². The second-order valence-electron chi connectivity index (χ2n) is 7.35. The van der Waals surface area contributed by atoms with Crippen molar-refractivity contribution in [1.82, 2.24) is 25.2 Å². The molecule has 2 aromatic carbocycles. The van der Waals surface area contributed by atoms with E-state index in [-0.39, 0.29) is 6.04 Å². The molecule has 5 rings (SSSR count). The lowest BCUT2D eigenvalue weighted by Gasteiger charge is -2.18. The SMILES string of the molecule is CC(C)n1nc(Cl)c2cc(-c3nc(-c4cccc5c4CCNC5)no3)ccc21. The van der Waals surface area contributed by atoms with Gasteiger partial charge in [-0.25, -0.2) is 0 Å². The first-order valence-corrected chi connectivity index (χ1v) is 9.83. The van der Waals surface area contributed by atoms with Gasteiger partial charge in [0, 0.05) is 29.1 Å². The van der Waals surface area contributed by atoms with Crippen LogP contribution >= 0.6 is 11.6 Å². The topological polar surface area (TPSA) is 68.8 Å². The molecule has 1 aliphatic rings. The van der Waals surface area contributed by atoms with Gasteiger partial charge in [-0.1, -0.05) is 35.0 Å². The van der Waals surface area contributed by atoms with Crippen molar-refractivity contribution in [3.05, 3.63) is 52.7 Å². The zero-order valence-electron chi connectivity index (χ0n) is 15.7. The molecule has 0 aliphatic carbocycles. The lowest BCUT2D eigenvalue weighted by atomic mass is 9.95. The summed E-state index contributed by atoms with van der Waals surface area (Å²) < 4.78 is 7.51. The molecular weight excluding hydrogens is 374 g/mol. The third-order valence-corrected chi connectivity index (χ3v) is 5.48. The molecule has 0 spiro atoms. The molecule has 1 N–H and O–H groups in total. The van der Waals surface area contributed by atoms with Gasteiger partial charge >= 0.3 is 0 Å². The van der Waals surface area contributed by atoms with Crippen LogP contribution in [0.5, 0.6) is 0 Å². The van der Waals surface area contributed by atoms with Gasteiger partial charge in [-0.15, -0.1) is 0 Å². The van der Waals surface area contributed by atoms with Crippen LogP contribution in [0, 0.1) is 0 Å². The van der Waals surface area contributed by atoms with E-state index in [1.807, 2.05) is 28.9 Å². The van der Waals surface area contributed by atoms with Crippen LogP contribution in [0.1, 0.15) is 31.0 Å². The molecule has 0 unspecified atom stereocenters. The van der Waals surface area contributed by atoms with Crippen molar-refractivity contribution in [2.75, 3.05) is 6.54 Å². The van der Waals surface area contributed by atoms with Gasteiger partial charge in [0.05, 0.1) is 5.52 Å². The quantitative estimate of drug-likeness (QED) is 0.549. The minimum atomic E-state index is 0.231. The Hall–Kier alpha value is -2.70. The second-order valence-corrected chi connectivity index (χ2v) is 7.71. The molecule has 0 atom stereocenters. The van der Waals surface area contributed by atoms with Gasteiger partial charge < -0.3 is 9.84 Å². The van der Waals surface area contributed by atoms with Crippen molar-refractivity contribution < 1.29 is 4.52 Å². The highest BCUT2D eigenvalue weighted by molar-refractivity contribution is 6.34. The molecule has 1 aliphatic heterocycles. The highest BCUT2D eigenvalue weighted by Gasteiger charge is 2.19. The molecule has 0 saturated carbocycles. The number of aromatic nitrogens is 4. The minimum Gasteiger partial charge on any atom is -0.334 e. The maximum absolute atomic E-state index is 6.36. The van der Waals surface area contributed by atoms with Crippen molar-refractivity contribution in [2.45, 2.75) is 32.9 Å². The first-order valence-electron chi connectivity index (χ1n) is 9.45. The molecule has 0 bridgehead atoms. The average molecular weight is 394 g/mol. The number of rotatable bonds is 3. The van der Waals surface area contributed by atoms with Gasteiger partial charge in [-0.2, -0.15) is 10.1 Å². The molecule has 0 saturated heterocycles.